The zero-order valence-corrected chi connectivity index (χ0v) is 9.85. The van der Waals surface area contributed by atoms with Crippen molar-refractivity contribution in [3.05, 3.63) is 35.2 Å². The van der Waals surface area contributed by atoms with Crippen molar-refractivity contribution in [2.45, 2.75) is 6.61 Å². The third kappa shape index (κ3) is 3.03. The summed E-state index contributed by atoms with van der Waals surface area (Å²) in [7, 11) is 0. The third-order valence-electron chi connectivity index (χ3n) is 2.07. The lowest BCUT2D eigenvalue weighted by molar-refractivity contribution is 0.104. The van der Waals surface area contributed by atoms with E-state index < -0.39 is 0 Å². The average Bonchev–Trinajstić information content (AvgIpc) is 2.79. The Bertz CT molecular complexity index is 487. The Kier molecular flexibility index (Phi) is 4.08. The Morgan fingerprint density at radius 3 is 2.94 bits per heavy atom. The van der Waals surface area contributed by atoms with E-state index >= 15 is 0 Å². The molecular formula is C11H12ClN3O2. The van der Waals surface area contributed by atoms with Crippen LogP contribution in [0.3, 0.4) is 0 Å². The quantitative estimate of drug-likeness (QED) is 0.824. The van der Waals surface area contributed by atoms with Crippen LogP contribution in [0, 0.1) is 0 Å². The smallest absolute Gasteiger partial charge is 0.252 e. The fraction of sp³-hybridized carbons (Fsp3) is 0.273. The summed E-state index contributed by atoms with van der Waals surface area (Å²) in [5.74, 6) is 0.871. The van der Waals surface area contributed by atoms with Gasteiger partial charge in [0.1, 0.15) is 6.61 Å². The molecule has 0 atom stereocenters. The number of halogens is 1. The van der Waals surface area contributed by atoms with E-state index in [2.05, 4.69) is 10.1 Å². The molecule has 0 spiro atoms. The minimum Gasteiger partial charge on any atom is -0.370 e. The van der Waals surface area contributed by atoms with Gasteiger partial charge in [0.15, 0.2) is 0 Å². The molecule has 17 heavy (non-hydrogen) atoms. The van der Waals surface area contributed by atoms with Gasteiger partial charge in [-0.3, -0.25) is 0 Å². The molecule has 90 valence electrons. The number of rotatable bonds is 5. The van der Waals surface area contributed by atoms with Crippen molar-refractivity contribution in [2.75, 3.05) is 13.2 Å². The van der Waals surface area contributed by atoms with Crippen LogP contribution in [-0.2, 0) is 11.3 Å². The van der Waals surface area contributed by atoms with E-state index in [0.29, 0.717) is 29.9 Å². The van der Waals surface area contributed by atoms with Crippen molar-refractivity contribution >= 4 is 11.6 Å². The topological polar surface area (TPSA) is 74.2 Å². The first-order valence-corrected chi connectivity index (χ1v) is 5.54. The number of nitrogens with two attached hydrogens (primary N) is 1. The number of aromatic nitrogens is 2. The third-order valence-corrected chi connectivity index (χ3v) is 2.40. The molecule has 2 N–H and O–H groups in total. The van der Waals surface area contributed by atoms with Gasteiger partial charge in [0.2, 0.25) is 5.82 Å². The summed E-state index contributed by atoms with van der Waals surface area (Å²) in [5.41, 5.74) is 6.04. The van der Waals surface area contributed by atoms with Crippen LogP contribution in [0.2, 0.25) is 5.02 Å². The Morgan fingerprint density at radius 1 is 1.35 bits per heavy atom. The number of hydrogen-bond donors (Lipinski definition) is 1. The lowest BCUT2D eigenvalue weighted by Gasteiger charge is -1.96. The summed E-state index contributed by atoms with van der Waals surface area (Å²) in [5, 5.41) is 4.43. The van der Waals surface area contributed by atoms with Crippen LogP contribution in [0.5, 0.6) is 0 Å². The second-order valence-corrected chi connectivity index (χ2v) is 3.74. The Morgan fingerprint density at radius 2 is 2.18 bits per heavy atom. The molecule has 0 saturated heterocycles. The van der Waals surface area contributed by atoms with Crippen molar-refractivity contribution in [3.8, 4) is 11.4 Å². The van der Waals surface area contributed by atoms with Gasteiger partial charge in [-0.1, -0.05) is 28.9 Å². The molecule has 0 aliphatic heterocycles. The summed E-state index contributed by atoms with van der Waals surface area (Å²) < 4.78 is 10.2. The van der Waals surface area contributed by atoms with Crippen molar-refractivity contribution in [1.29, 1.82) is 0 Å². The summed E-state index contributed by atoms with van der Waals surface area (Å²) in [4.78, 5) is 4.19. The molecule has 5 nitrogen and oxygen atoms in total. The van der Waals surface area contributed by atoms with E-state index in [1.54, 1.807) is 6.07 Å². The summed E-state index contributed by atoms with van der Waals surface area (Å²) in [6, 6.07) is 7.31. The highest BCUT2D eigenvalue weighted by Gasteiger charge is 2.10. The summed E-state index contributed by atoms with van der Waals surface area (Å²) >= 11 is 6.03. The van der Waals surface area contributed by atoms with Gasteiger partial charge in [0.05, 0.1) is 11.6 Å². The Balaban J connectivity index is 2.10. The maximum atomic E-state index is 6.03. The van der Waals surface area contributed by atoms with Crippen LogP contribution in [-0.4, -0.2) is 23.3 Å². The molecule has 2 rings (SSSR count). The molecule has 0 bridgehead atoms. The zero-order chi connectivity index (χ0) is 12.1. The first-order valence-electron chi connectivity index (χ1n) is 5.16. The molecule has 6 heteroatoms. The van der Waals surface area contributed by atoms with Crippen LogP contribution < -0.4 is 5.73 Å². The second-order valence-electron chi connectivity index (χ2n) is 3.33. The first-order chi connectivity index (χ1) is 8.31. The van der Waals surface area contributed by atoms with Gasteiger partial charge in [-0.25, -0.2) is 0 Å². The largest absolute Gasteiger partial charge is 0.370 e. The molecule has 0 amide bonds. The normalized spacial score (nSPS) is 10.7. The van der Waals surface area contributed by atoms with E-state index in [9.17, 15) is 0 Å². The molecule has 0 aliphatic carbocycles. The lowest BCUT2D eigenvalue weighted by atomic mass is 10.2. The Labute approximate surface area is 104 Å². The molecule has 1 aromatic carbocycles. The number of benzene rings is 1. The fourth-order valence-electron chi connectivity index (χ4n) is 1.31. The van der Waals surface area contributed by atoms with Gasteiger partial charge in [0, 0.05) is 12.1 Å². The van der Waals surface area contributed by atoms with Crippen LogP contribution >= 0.6 is 11.6 Å². The van der Waals surface area contributed by atoms with E-state index in [4.69, 9.17) is 26.6 Å². The van der Waals surface area contributed by atoms with Crippen molar-refractivity contribution < 1.29 is 9.26 Å². The van der Waals surface area contributed by atoms with Gasteiger partial charge in [-0.15, -0.1) is 0 Å². The van der Waals surface area contributed by atoms with Gasteiger partial charge >= 0.3 is 0 Å². The first kappa shape index (κ1) is 12.0. The van der Waals surface area contributed by atoms with Gasteiger partial charge in [-0.2, -0.15) is 4.98 Å². The highest BCUT2D eigenvalue weighted by Crippen LogP contribution is 2.24. The number of nitrogens with zero attached hydrogens (tertiary/aromatic N) is 2. The summed E-state index contributed by atoms with van der Waals surface area (Å²) in [6.45, 7) is 1.18. The van der Waals surface area contributed by atoms with Crippen LogP contribution in [0.1, 0.15) is 5.89 Å². The standard InChI is InChI=1S/C11H12ClN3O2/c12-9-4-2-1-3-8(9)11-14-10(17-15-11)7-16-6-5-13/h1-4H,5-7,13H2. The molecule has 1 heterocycles. The van der Waals surface area contributed by atoms with Gasteiger partial charge in [-0.05, 0) is 12.1 Å². The SMILES string of the molecule is NCCOCc1nc(-c2ccccc2Cl)no1. The fourth-order valence-corrected chi connectivity index (χ4v) is 1.53. The van der Waals surface area contributed by atoms with E-state index in [1.807, 2.05) is 18.2 Å². The van der Waals surface area contributed by atoms with Crippen molar-refractivity contribution in [2.24, 2.45) is 5.73 Å². The molecular weight excluding hydrogens is 242 g/mol. The molecule has 1 aromatic heterocycles. The maximum absolute atomic E-state index is 6.03. The molecule has 0 unspecified atom stereocenters. The molecule has 0 saturated carbocycles. The zero-order valence-electron chi connectivity index (χ0n) is 9.10. The van der Waals surface area contributed by atoms with Crippen LogP contribution in [0.25, 0.3) is 11.4 Å². The number of ether oxygens (including phenoxy) is 1. The van der Waals surface area contributed by atoms with Gasteiger partial charge in [0.25, 0.3) is 5.89 Å². The second kappa shape index (κ2) is 5.77. The van der Waals surface area contributed by atoms with Crippen molar-refractivity contribution in [3.63, 3.8) is 0 Å². The Hall–Kier alpha value is -1.43. The predicted octanol–water partition coefficient (Wildman–Crippen LogP) is 1.87. The highest BCUT2D eigenvalue weighted by atomic mass is 35.5. The molecule has 2 aromatic rings. The van der Waals surface area contributed by atoms with E-state index in [1.165, 1.54) is 0 Å². The maximum Gasteiger partial charge on any atom is 0.252 e. The van der Waals surface area contributed by atoms with E-state index in [-0.39, 0.29) is 6.61 Å². The van der Waals surface area contributed by atoms with Crippen molar-refractivity contribution in [1.82, 2.24) is 10.1 Å². The molecule has 0 radical (unpaired) electrons. The van der Waals surface area contributed by atoms with Crippen LogP contribution in [0.4, 0.5) is 0 Å². The summed E-state index contributed by atoms with van der Waals surface area (Å²) in [6.07, 6.45) is 0. The van der Waals surface area contributed by atoms with Gasteiger partial charge < -0.3 is 15.0 Å². The lowest BCUT2D eigenvalue weighted by Crippen LogP contribution is -2.08. The highest BCUT2D eigenvalue weighted by molar-refractivity contribution is 6.33. The van der Waals surface area contributed by atoms with E-state index in [0.717, 1.165) is 5.56 Å². The monoisotopic (exact) mass is 253 g/mol. The molecule has 0 aliphatic rings. The average molecular weight is 254 g/mol. The van der Waals surface area contributed by atoms with Crippen LogP contribution in [0.15, 0.2) is 28.8 Å². The predicted molar refractivity (Wildman–Crippen MR) is 63.5 cm³/mol. The number of hydrogen-bond acceptors (Lipinski definition) is 5. The minimum absolute atomic E-state index is 0.259. The molecule has 0 fully saturated rings. The minimum atomic E-state index is 0.259.